The topological polar surface area (TPSA) is 104 Å². The molecule has 1 aliphatic rings. The van der Waals surface area contributed by atoms with Crippen LogP contribution in [-0.2, 0) is 14.3 Å². The lowest BCUT2D eigenvalue weighted by Crippen LogP contribution is -2.35. The predicted molar refractivity (Wildman–Crippen MR) is 123 cm³/mol. The second-order valence-corrected chi connectivity index (χ2v) is 7.61. The molecule has 176 valence electrons. The Morgan fingerprint density at radius 3 is 2.32 bits per heavy atom. The summed E-state index contributed by atoms with van der Waals surface area (Å²) in [6.07, 6.45) is 0.943. The van der Waals surface area contributed by atoms with Crippen LogP contribution in [0.4, 0.5) is 0 Å². The fraction of sp³-hybridized carbons (Fsp3) is 0.280. The van der Waals surface area contributed by atoms with Gasteiger partial charge in [0.2, 0.25) is 11.7 Å². The van der Waals surface area contributed by atoms with Gasteiger partial charge in [-0.1, -0.05) is 18.2 Å². The third-order valence-electron chi connectivity index (χ3n) is 5.60. The summed E-state index contributed by atoms with van der Waals surface area (Å²) in [4.78, 5) is 42.9. The third kappa shape index (κ3) is 4.36. The fourth-order valence-electron chi connectivity index (χ4n) is 3.92. The molecule has 0 saturated carbocycles. The van der Waals surface area contributed by atoms with Crippen molar-refractivity contribution in [1.29, 1.82) is 0 Å². The smallest absolute Gasteiger partial charge is 0.339 e. The molecule has 1 aliphatic heterocycles. The van der Waals surface area contributed by atoms with Crippen LogP contribution in [0.2, 0.25) is 0 Å². The van der Waals surface area contributed by atoms with Crippen molar-refractivity contribution in [1.82, 2.24) is 9.88 Å². The van der Waals surface area contributed by atoms with Gasteiger partial charge in [-0.15, -0.1) is 0 Å². The number of fused-ring (bicyclic) bond motifs is 1. The van der Waals surface area contributed by atoms with Gasteiger partial charge in [0, 0.05) is 23.9 Å². The molecule has 2 aromatic carbocycles. The summed E-state index contributed by atoms with van der Waals surface area (Å²) in [5.41, 5.74) is 1.93. The average Bonchev–Trinajstić information content (AvgIpc) is 3.31. The summed E-state index contributed by atoms with van der Waals surface area (Å²) >= 11 is 0. The van der Waals surface area contributed by atoms with Gasteiger partial charge < -0.3 is 18.9 Å². The molecule has 0 unspecified atom stereocenters. The zero-order valence-electron chi connectivity index (χ0n) is 19.1. The van der Waals surface area contributed by atoms with E-state index in [0.717, 1.165) is 4.90 Å². The van der Waals surface area contributed by atoms with Gasteiger partial charge in [0.05, 0.1) is 38.1 Å². The van der Waals surface area contributed by atoms with Crippen molar-refractivity contribution in [3.63, 3.8) is 0 Å². The van der Waals surface area contributed by atoms with Gasteiger partial charge in [0.15, 0.2) is 18.1 Å². The molecule has 34 heavy (non-hydrogen) atoms. The Bertz CT molecular complexity index is 1250. The highest BCUT2D eigenvalue weighted by Crippen LogP contribution is 2.41. The van der Waals surface area contributed by atoms with Crippen molar-refractivity contribution in [2.75, 3.05) is 34.5 Å². The number of carbonyl (C=O) groups excluding carboxylic acids is 3. The van der Waals surface area contributed by atoms with Crippen molar-refractivity contribution in [3.8, 4) is 28.5 Å². The number of amides is 2. The number of imide groups is 1. The lowest BCUT2D eigenvalue weighted by Gasteiger charge is -2.15. The molecule has 2 amide bonds. The number of ether oxygens (including phenoxy) is 4. The van der Waals surface area contributed by atoms with Gasteiger partial charge in [-0.05, 0) is 30.7 Å². The minimum Gasteiger partial charge on any atom is -0.493 e. The summed E-state index contributed by atoms with van der Waals surface area (Å²) in [5.74, 6) is -0.149. The van der Waals surface area contributed by atoms with E-state index in [9.17, 15) is 14.4 Å². The van der Waals surface area contributed by atoms with E-state index < -0.39 is 18.5 Å². The molecular weight excluding hydrogens is 440 g/mol. The second kappa shape index (κ2) is 9.78. The van der Waals surface area contributed by atoms with Crippen LogP contribution in [0, 0.1) is 0 Å². The lowest BCUT2D eigenvalue weighted by atomic mass is 10.0. The Balaban J connectivity index is 1.71. The number of nitrogens with zero attached hydrogens (tertiary/aromatic N) is 2. The monoisotopic (exact) mass is 464 g/mol. The number of hydrogen-bond acceptors (Lipinski definition) is 8. The number of rotatable bonds is 7. The molecule has 1 saturated heterocycles. The third-order valence-corrected chi connectivity index (χ3v) is 5.60. The number of benzene rings is 2. The van der Waals surface area contributed by atoms with E-state index in [4.69, 9.17) is 18.9 Å². The number of methoxy groups -OCH3 is 3. The van der Waals surface area contributed by atoms with Crippen molar-refractivity contribution < 1.29 is 33.3 Å². The first kappa shape index (κ1) is 23.0. The minimum absolute atomic E-state index is 0.245. The molecular formula is C25H24N2O7. The quantitative estimate of drug-likeness (QED) is 0.491. The fourth-order valence-corrected chi connectivity index (χ4v) is 3.92. The highest BCUT2D eigenvalue weighted by molar-refractivity contribution is 6.05. The summed E-state index contributed by atoms with van der Waals surface area (Å²) in [5, 5.41) is 0.577. The Morgan fingerprint density at radius 2 is 1.71 bits per heavy atom. The van der Waals surface area contributed by atoms with Crippen LogP contribution in [0.25, 0.3) is 22.2 Å². The maximum atomic E-state index is 13.0. The Labute approximate surface area is 196 Å². The summed E-state index contributed by atoms with van der Waals surface area (Å²) < 4.78 is 21.5. The van der Waals surface area contributed by atoms with Crippen LogP contribution < -0.4 is 14.2 Å². The molecule has 0 atom stereocenters. The predicted octanol–water partition coefficient (Wildman–Crippen LogP) is 3.23. The van der Waals surface area contributed by atoms with Crippen molar-refractivity contribution >= 4 is 28.7 Å². The van der Waals surface area contributed by atoms with Gasteiger partial charge in [0.25, 0.3) is 5.91 Å². The summed E-state index contributed by atoms with van der Waals surface area (Å²) in [6.45, 7) is -0.167. The molecule has 9 heteroatoms. The van der Waals surface area contributed by atoms with E-state index >= 15 is 0 Å². The van der Waals surface area contributed by atoms with Crippen LogP contribution in [0.5, 0.6) is 17.2 Å². The van der Waals surface area contributed by atoms with Gasteiger partial charge in [-0.3, -0.25) is 14.5 Å². The van der Waals surface area contributed by atoms with Gasteiger partial charge in [-0.25, -0.2) is 9.78 Å². The molecule has 3 aromatic rings. The van der Waals surface area contributed by atoms with E-state index in [1.54, 1.807) is 36.4 Å². The van der Waals surface area contributed by atoms with E-state index in [1.807, 2.05) is 6.07 Å². The molecule has 2 heterocycles. The van der Waals surface area contributed by atoms with Crippen molar-refractivity contribution in [2.24, 2.45) is 0 Å². The van der Waals surface area contributed by atoms with E-state index in [1.165, 1.54) is 21.3 Å². The number of carbonyl (C=O) groups is 3. The highest BCUT2D eigenvalue weighted by Gasteiger charge is 2.27. The SMILES string of the molecule is COc1cc(-c2cc(C(=O)OCC(=O)N3CCCC3=O)c3ccccc3n2)cc(OC)c1OC. The Morgan fingerprint density at radius 1 is 1.00 bits per heavy atom. The van der Waals surface area contributed by atoms with Gasteiger partial charge in [0.1, 0.15) is 0 Å². The first-order valence-corrected chi connectivity index (χ1v) is 10.7. The van der Waals surface area contributed by atoms with Crippen LogP contribution in [0.1, 0.15) is 23.2 Å². The number of esters is 1. The van der Waals surface area contributed by atoms with E-state index in [-0.39, 0.29) is 11.5 Å². The normalized spacial score (nSPS) is 13.1. The lowest BCUT2D eigenvalue weighted by molar-refractivity contribution is -0.143. The maximum Gasteiger partial charge on any atom is 0.339 e. The molecule has 9 nitrogen and oxygen atoms in total. The molecule has 1 aromatic heterocycles. The molecule has 4 rings (SSSR count). The number of aromatic nitrogens is 1. The first-order chi connectivity index (χ1) is 16.5. The molecule has 0 radical (unpaired) electrons. The minimum atomic E-state index is -0.688. The second-order valence-electron chi connectivity index (χ2n) is 7.61. The zero-order chi connectivity index (χ0) is 24.2. The Hall–Kier alpha value is -4.14. The van der Waals surface area contributed by atoms with E-state index in [2.05, 4.69) is 4.98 Å². The molecule has 1 fully saturated rings. The number of hydrogen-bond donors (Lipinski definition) is 0. The molecule has 0 N–H and O–H groups in total. The molecule has 0 aliphatic carbocycles. The van der Waals surface area contributed by atoms with Crippen LogP contribution >= 0.6 is 0 Å². The molecule has 0 spiro atoms. The van der Waals surface area contributed by atoms with Gasteiger partial charge in [-0.2, -0.15) is 0 Å². The first-order valence-electron chi connectivity index (χ1n) is 10.7. The van der Waals surface area contributed by atoms with Crippen molar-refractivity contribution in [2.45, 2.75) is 12.8 Å². The zero-order valence-corrected chi connectivity index (χ0v) is 19.1. The standard InChI is InChI=1S/C25H24N2O7/c1-31-20-11-15(12-21(32-2)24(20)33-3)19-13-17(16-7-4-5-8-18(16)26-19)25(30)34-14-23(29)27-10-6-9-22(27)28/h4-5,7-8,11-13H,6,9-10,14H2,1-3H3. The number of likely N-dealkylation sites (tertiary alicyclic amines) is 1. The maximum absolute atomic E-state index is 13.0. The highest BCUT2D eigenvalue weighted by atomic mass is 16.5. The average molecular weight is 464 g/mol. The largest absolute Gasteiger partial charge is 0.493 e. The summed E-state index contributed by atoms with van der Waals surface area (Å²) in [6, 6.07) is 12.2. The summed E-state index contributed by atoms with van der Waals surface area (Å²) in [7, 11) is 4.54. The van der Waals surface area contributed by atoms with Crippen molar-refractivity contribution in [3.05, 3.63) is 48.0 Å². The molecule has 0 bridgehead atoms. The van der Waals surface area contributed by atoms with Crippen LogP contribution in [-0.4, -0.2) is 62.1 Å². The van der Waals surface area contributed by atoms with Crippen LogP contribution in [0.3, 0.4) is 0 Å². The number of pyridine rings is 1. The Kier molecular flexibility index (Phi) is 6.62. The number of para-hydroxylation sites is 1. The van der Waals surface area contributed by atoms with E-state index in [0.29, 0.717) is 58.8 Å². The van der Waals surface area contributed by atoms with Crippen LogP contribution in [0.15, 0.2) is 42.5 Å². The van der Waals surface area contributed by atoms with Gasteiger partial charge >= 0.3 is 5.97 Å².